The van der Waals surface area contributed by atoms with Crippen LogP contribution in [0.1, 0.15) is 74.6 Å². The molecule has 0 aliphatic carbocycles. The van der Waals surface area contributed by atoms with Gasteiger partial charge in [0.05, 0.1) is 51.8 Å². The van der Waals surface area contributed by atoms with Gasteiger partial charge in [0.2, 0.25) is 23.6 Å². The Balaban J connectivity index is 1.79. The number of benzene rings is 1. The van der Waals surface area contributed by atoms with Crippen molar-refractivity contribution < 1.29 is 52.8 Å². The molecule has 0 aromatic heterocycles. The zero-order valence-corrected chi connectivity index (χ0v) is 28.0. The molecular formula is C33H54N4O11. The van der Waals surface area contributed by atoms with Crippen LogP contribution in [0.4, 0.5) is 0 Å². The molecule has 0 radical (unpaired) electrons. The highest BCUT2D eigenvalue weighted by molar-refractivity contribution is 5.87. The molecule has 48 heavy (non-hydrogen) atoms. The Kier molecular flexibility index (Phi) is 25.8. The molecule has 15 nitrogen and oxygen atoms in total. The third-order valence-electron chi connectivity index (χ3n) is 6.69. The molecule has 0 aliphatic heterocycles. The number of carbonyl (C=O) groups is 5. The number of rotatable bonds is 32. The minimum absolute atomic E-state index is 0.00847. The second-order valence-corrected chi connectivity index (χ2v) is 10.9. The maximum absolute atomic E-state index is 12.0. The Bertz CT molecular complexity index is 1040. The van der Waals surface area contributed by atoms with E-state index in [1.165, 1.54) is 12.1 Å². The minimum Gasteiger partial charge on any atom is -0.494 e. The van der Waals surface area contributed by atoms with Gasteiger partial charge in [-0.05, 0) is 43.5 Å². The SMILES string of the molecule is NC(=O)CCCNC(=O)COCCOCCNC(=O)COCCOCCNC(=O)CCCCCCCCCOc1ccc(C(=O)O)cc1. The van der Waals surface area contributed by atoms with Crippen molar-refractivity contribution in [3.63, 3.8) is 0 Å². The summed E-state index contributed by atoms with van der Waals surface area (Å²) in [5.74, 6) is -1.23. The molecule has 0 unspecified atom stereocenters. The van der Waals surface area contributed by atoms with Gasteiger partial charge >= 0.3 is 5.97 Å². The van der Waals surface area contributed by atoms with Crippen LogP contribution in [0.25, 0.3) is 0 Å². The molecule has 0 saturated heterocycles. The van der Waals surface area contributed by atoms with Gasteiger partial charge in [-0.25, -0.2) is 4.79 Å². The Morgan fingerprint density at radius 3 is 1.60 bits per heavy atom. The number of carboxylic acids is 1. The fraction of sp³-hybridized carbons (Fsp3) is 0.667. The summed E-state index contributed by atoms with van der Waals surface area (Å²) in [6.07, 6.45) is 8.37. The Morgan fingerprint density at radius 2 is 1.04 bits per heavy atom. The van der Waals surface area contributed by atoms with Crippen LogP contribution in [-0.4, -0.2) is 114 Å². The summed E-state index contributed by atoms with van der Waals surface area (Å²) >= 11 is 0. The van der Waals surface area contributed by atoms with Crippen LogP contribution in [0.2, 0.25) is 0 Å². The summed E-state index contributed by atoms with van der Waals surface area (Å²) < 4.78 is 26.9. The van der Waals surface area contributed by atoms with Gasteiger partial charge < -0.3 is 50.5 Å². The van der Waals surface area contributed by atoms with Crippen LogP contribution in [0.3, 0.4) is 0 Å². The van der Waals surface area contributed by atoms with Gasteiger partial charge in [-0.2, -0.15) is 0 Å². The molecule has 1 aromatic carbocycles. The van der Waals surface area contributed by atoms with Crippen molar-refractivity contribution in [3.8, 4) is 5.75 Å². The first-order chi connectivity index (χ1) is 23.3. The number of nitrogens with one attached hydrogen (secondary N) is 3. The van der Waals surface area contributed by atoms with Crippen molar-refractivity contribution in [2.75, 3.05) is 79.1 Å². The summed E-state index contributed by atoms with van der Waals surface area (Å²) in [6.45, 7) is 3.21. The third kappa shape index (κ3) is 26.3. The molecule has 0 spiro atoms. The molecule has 0 aliphatic rings. The van der Waals surface area contributed by atoms with Crippen molar-refractivity contribution in [2.45, 2.75) is 64.2 Å². The second-order valence-electron chi connectivity index (χ2n) is 10.9. The minimum atomic E-state index is -0.951. The van der Waals surface area contributed by atoms with Crippen molar-refractivity contribution in [2.24, 2.45) is 5.73 Å². The van der Waals surface area contributed by atoms with Crippen LogP contribution in [0.5, 0.6) is 5.75 Å². The number of primary amides is 1. The third-order valence-corrected chi connectivity index (χ3v) is 6.69. The van der Waals surface area contributed by atoms with Crippen molar-refractivity contribution >= 4 is 29.6 Å². The van der Waals surface area contributed by atoms with Crippen LogP contribution < -0.4 is 26.4 Å². The summed E-state index contributed by atoms with van der Waals surface area (Å²) in [7, 11) is 0. The van der Waals surface area contributed by atoms with Crippen LogP contribution >= 0.6 is 0 Å². The molecule has 1 aromatic rings. The van der Waals surface area contributed by atoms with E-state index in [2.05, 4.69) is 16.0 Å². The highest BCUT2D eigenvalue weighted by Crippen LogP contribution is 2.14. The number of amides is 4. The number of carboxylic acid groups (broad SMARTS) is 1. The predicted molar refractivity (Wildman–Crippen MR) is 177 cm³/mol. The van der Waals surface area contributed by atoms with Gasteiger partial charge in [0.15, 0.2) is 0 Å². The number of aromatic carboxylic acids is 1. The zero-order valence-electron chi connectivity index (χ0n) is 28.0. The van der Waals surface area contributed by atoms with E-state index in [0.29, 0.717) is 58.0 Å². The lowest BCUT2D eigenvalue weighted by atomic mass is 10.1. The van der Waals surface area contributed by atoms with E-state index in [4.69, 9.17) is 34.5 Å². The average Bonchev–Trinajstić information content (AvgIpc) is 3.06. The maximum atomic E-state index is 12.0. The first-order valence-corrected chi connectivity index (χ1v) is 16.6. The Labute approximate surface area is 282 Å². The molecule has 272 valence electrons. The van der Waals surface area contributed by atoms with E-state index in [1.54, 1.807) is 12.1 Å². The fourth-order valence-electron chi connectivity index (χ4n) is 4.13. The lowest BCUT2D eigenvalue weighted by Crippen LogP contribution is -2.32. The van der Waals surface area contributed by atoms with Gasteiger partial charge in [-0.15, -0.1) is 0 Å². The number of nitrogens with two attached hydrogens (primary N) is 1. The number of hydrogen-bond acceptors (Lipinski definition) is 10. The molecule has 0 saturated carbocycles. The largest absolute Gasteiger partial charge is 0.494 e. The monoisotopic (exact) mass is 682 g/mol. The summed E-state index contributed by atoms with van der Waals surface area (Å²) in [5.41, 5.74) is 5.27. The molecular weight excluding hydrogens is 628 g/mol. The maximum Gasteiger partial charge on any atom is 0.335 e. The van der Waals surface area contributed by atoms with Gasteiger partial charge in [-0.3, -0.25) is 19.2 Å². The Morgan fingerprint density at radius 1 is 0.542 bits per heavy atom. The lowest BCUT2D eigenvalue weighted by Gasteiger charge is -2.09. The predicted octanol–water partition coefficient (Wildman–Crippen LogP) is 1.56. The normalized spacial score (nSPS) is 10.8. The lowest BCUT2D eigenvalue weighted by molar-refractivity contribution is -0.127. The van der Waals surface area contributed by atoms with Crippen molar-refractivity contribution in [3.05, 3.63) is 29.8 Å². The molecule has 4 amide bonds. The van der Waals surface area contributed by atoms with Crippen LogP contribution in [-0.2, 0) is 38.1 Å². The standard InChI is InChI=1S/C33H54N4O11/c34-29(38)9-8-15-35-31(40)25-46-23-22-45-20-17-37-32(41)26-47-24-21-44-19-16-36-30(39)10-6-4-2-1-3-5-7-18-48-28-13-11-27(12-14-28)33(42)43/h11-14H,1-10,15-26H2,(H2,34,38)(H,35,40)(H,36,39)(H,37,41)(H,42,43). The van der Waals surface area contributed by atoms with Crippen molar-refractivity contribution in [1.29, 1.82) is 0 Å². The topological polar surface area (TPSA) is 214 Å². The van der Waals surface area contributed by atoms with E-state index < -0.39 is 11.9 Å². The quantitative estimate of drug-likeness (QED) is 0.0688. The van der Waals surface area contributed by atoms with Crippen LogP contribution in [0, 0.1) is 0 Å². The van der Waals surface area contributed by atoms with E-state index >= 15 is 0 Å². The first-order valence-electron chi connectivity index (χ1n) is 16.6. The zero-order chi connectivity index (χ0) is 35.1. The summed E-state index contributed by atoms with van der Waals surface area (Å²) in [6, 6.07) is 6.41. The van der Waals surface area contributed by atoms with Gasteiger partial charge in [0.25, 0.3) is 0 Å². The molecule has 15 heteroatoms. The smallest absolute Gasteiger partial charge is 0.335 e. The summed E-state index contributed by atoms with van der Waals surface area (Å²) in [4.78, 5) is 56.8. The van der Waals surface area contributed by atoms with Gasteiger partial charge in [0.1, 0.15) is 19.0 Å². The average molecular weight is 683 g/mol. The van der Waals surface area contributed by atoms with E-state index in [0.717, 1.165) is 44.9 Å². The number of hydrogen-bond donors (Lipinski definition) is 5. The first kappa shape index (κ1) is 42.2. The number of unbranched alkanes of at least 4 members (excludes halogenated alkanes) is 6. The van der Waals surface area contributed by atoms with E-state index in [-0.39, 0.29) is 69.3 Å². The fourth-order valence-corrected chi connectivity index (χ4v) is 4.13. The molecule has 6 N–H and O–H groups in total. The van der Waals surface area contributed by atoms with Gasteiger partial charge in [0, 0.05) is 32.5 Å². The molecule has 0 atom stereocenters. The highest BCUT2D eigenvalue weighted by atomic mass is 16.5. The number of carbonyl (C=O) groups excluding carboxylic acids is 4. The highest BCUT2D eigenvalue weighted by Gasteiger charge is 2.05. The second kappa shape index (κ2) is 29.4. The van der Waals surface area contributed by atoms with E-state index in [9.17, 15) is 24.0 Å². The van der Waals surface area contributed by atoms with Crippen LogP contribution in [0.15, 0.2) is 24.3 Å². The molecule has 1 rings (SSSR count). The molecule has 0 fully saturated rings. The summed E-state index contributed by atoms with van der Waals surface area (Å²) in [5, 5.41) is 17.0. The molecule has 0 bridgehead atoms. The number of ether oxygens (including phenoxy) is 5. The molecule has 0 heterocycles. The Hall–Kier alpha value is -3.79. The van der Waals surface area contributed by atoms with Crippen molar-refractivity contribution in [1.82, 2.24) is 16.0 Å². The van der Waals surface area contributed by atoms with E-state index in [1.807, 2.05) is 0 Å². The van der Waals surface area contributed by atoms with Gasteiger partial charge in [-0.1, -0.05) is 32.1 Å².